The molecule has 6 nitrogen and oxygen atoms in total. The summed E-state index contributed by atoms with van der Waals surface area (Å²) in [6, 6.07) is 13.3. The zero-order chi connectivity index (χ0) is 22.7. The molecular weight excluding hydrogens is 392 g/mol. The third-order valence-corrected chi connectivity index (χ3v) is 5.60. The molecule has 0 aliphatic heterocycles. The molecule has 3 aromatic rings. The van der Waals surface area contributed by atoms with E-state index < -0.39 is 5.97 Å². The normalized spacial score (nSPS) is 12.1. The van der Waals surface area contributed by atoms with Crippen molar-refractivity contribution in [3.05, 3.63) is 76.4 Å². The number of ether oxygens (including phenoxy) is 2. The monoisotopic (exact) mass is 422 g/mol. The van der Waals surface area contributed by atoms with Crippen LogP contribution in [-0.2, 0) is 9.47 Å². The maximum absolute atomic E-state index is 12.7. The fourth-order valence-corrected chi connectivity index (χ4v) is 4.17. The molecule has 2 aromatic heterocycles. The van der Waals surface area contributed by atoms with Gasteiger partial charge in [0.25, 0.3) is 0 Å². The number of Topliss-reactive ketones (excluding diaryl/α,β-unsaturated/α-hetero) is 1. The first-order valence-electron chi connectivity index (χ1n) is 10.4. The Morgan fingerprint density at radius 2 is 1.55 bits per heavy atom. The summed E-state index contributed by atoms with van der Waals surface area (Å²) in [5, 5.41) is 0. The predicted molar refractivity (Wildman–Crippen MR) is 120 cm³/mol. The molecule has 1 aromatic carbocycles. The molecule has 3 rings (SSSR count). The zero-order valence-corrected chi connectivity index (χ0v) is 19.1. The standard InChI is InChI=1S/C25H30N2O4/c1-16-7-8-17(2)27(16)22-11-9-21(10-12-22)25(29)31-15-24(28)23-13-18(3)26(20(23)5)19(4)14-30-6/h7-13,19H,14-15H2,1-6H3/t19-/m0/s1. The van der Waals surface area contributed by atoms with Gasteiger partial charge in [-0.25, -0.2) is 4.79 Å². The van der Waals surface area contributed by atoms with Crippen LogP contribution < -0.4 is 0 Å². The minimum Gasteiger partial charge on any atom is -0.454 e. The minimum atomic E-state index is -0.512. The third-order valence-electron chi connectivity index (χ3n) is 5.60. The lowest BCUT2D eigenvalue weighted by molar-refractivity contribution is 0.0474. The topological polar surface area (TPSA) is 62.5 Å². The second kappa shape index (κ2) is 9.35. The molecule has 0 unspecified atom stereocenters. The summed E-state index contributed by atoms with van der Waals surface area (Å²) < 4.78 is 14.7. The molecule has 0 amide bonds. The van der Waals surface area contributed by atoms with Crippen LogP contribution in [0.15, 0.2) is 42.5 Å². The van der Waals surface area contributed by atoms with E-state index >= 15 is 0 Å². The van der Waals surface area contributed by atoms with Gasteiger partial charge in [-0.15, -0.1) is 0 Å². The number of methoxy groups -OCH3 is 1. The first-order chi connectivity index (χ1) is 14.7. The first kappa shape index (κ1) is 22.6. The minimum absolute atomic E-state index is 0.111. The Labute approximate surface area is 183 Å². The highest BCUT2D eigenvalue weighted by Crippen LogP contribution is 2.22. The molecule has 0 aliphatic carbocycles. The van der Waals surface area contributed by atoms with Crippen molar-refractivity contribution in [3.8, 4) is 5.69 Å². The molecular formula is C25H30N2O4. The van der Waals surface area contributed by atoms with Crippen LogP contribution in [0.2, 0.25) is 0 Å². The van der Waals surface area contributed by atoms with E-state index in [-0.39, 0.29) is 18.4 Å². The summed E-state index contributed by atoms with van der Waals surface area (Å²) in [6.07, 6.45) is 0. The molecule has 31 heavy (non-hydrogen) atoms. The van der Waals surface area contributed by atoms with Crippen molar-refractivity contribution in [1.82, 2.24) is 9.13 Å². The zero-order valence-electron chi connectivity index (χ0n) is 19.1. The van der Waals surface area contributed by atoms with E-state index in [9.17, 15) is 9.59 Å². The van der Waals surface area contributed by atoms with E-state index in [0.29, 0.717) is 17.7 Å². The molecule has 2 heterocycles. The highest BCUT2D eigenvalue weighted by atomic mass is 16.5. The van der Waals surface area contributed by atoms with Crippen LogP contribution in [-0.4, -0.2) is 41.2 Å². The summed E-state index contributed by atoms with van der Waals surface area (Å²) in [5.41, 5.74) is 6.03. The number of carbonyl (C=O) groups is 2. The van der Waals surface area contributed by atoms with Crippen LogP contribution in [0, 0.1) is 27.7 Å². The number of carbonyl (C=O) groups excluding carboxylic acids is 2. The Kier molecular flexibility index (Phi) is 6.81. The largest absolute Gasteiger partial charge is 0.454 e. The van der Waals surface area contributed by atoms with Gasteiger partial charge in [0.15, 0.2) is 6.61 Å². The van der Waals surface area contributed by atoms with Crippen LogP contribution in [0.4, 0.5) is 0 Å². The Morgan fingerprint density at radius 3 is 2.13 bits per heavy atom. The molecule has 0 bridgehead atoms. The van der Waals surface area contributed by atoms with Gasteiger partial charge in [-0.05, 0) is 77.1 Å². The molecule has 0 spiro atoms. The number of benzene rings is 1. The van der Waals surface area contributed by atoms with Crippen molar-refractivity contribution in [2.24, 2.45) is 0 Å². The highest BCUT2D eigenvalue weighted by molar-refractivity contribution is 6.00. The van der Waals surface area contributed by atoms with Gasteiger partial charge in [-0.1, -0.05) is 0 Å². The highest BCUT2D eigenvalue weighted by Gasteiger charge is 2.20. The van der Waals surface area contributed by atoms with Gasteiger partial charge in [0.1, 0.15) is 0 Å². The van der Waals surface area contributed by atoms with Gasteiger partial charge in [-0.2, -0.15) is 0 Å². The van der Waals surface area contributed by atoms with Crippen LogP contribution >= 0.6 is 0 Å². The smallest absolute Gasteiger partial charge is 0.338 e. The summed E-state index contributed by atoms with van der Waals surface area (Å²) in [5.74, 6) is -0.727. The summed E-state index contributed by atoms with van der Waals surface area (Å²) >= 11 is 0. The fraction of sp³-hybridized carbons (Fsp3) is 0.360. The Morgan fingerprint density at radius 1 is 0.935 bits per heavy atom. The summed E-state index contributed by atoms with van der Waals surface area (Å²) in [7, 11) is 1.66. The molecule has 0 saturated heterocycles. The van der Waals surface area contributed by atoms with Crippen LogP contribution in [0.25, 0.3) is 5.69 Å². The second-order valence-corrected chi connectivity index (χ2v) is 7.96. The molecule has 0 N–H and O–H groups in total. The lowest BCUT2D eigenvalue weighted by Gasteiger charge is -2.17. The van der Waals surface area contributed by atoms with Gasteiger partial charge in [-0.3, -0.25) is 4.79 Å². The number of hydrogen-bond donors (Lipinski definition) is 0. The number of aryl methyl sites for hydroxylation is 3. The maximum atomic E-state index is 12.7. The quantitative estimate of drug-likeness (QED) is 0.388. The number of nitrogens with zero attached hydrogens (tertiary/aromatic N) is 2. The van der Waals surface area contributed by atoms with Crippen molar-refractivity contribution >= 4 is 11.8 Å². The number of rotatable bonds is 8. The Balaban J connectivity index is 1.67. The van der Waals surface area contributed by atoms with Crippen molar-refractivity contribution in [2.75, 3.05) is 20.3 Å². The van der Waals surface area contributed by atoms with Crippen LogP contribution in [0.1, 0.15) is 56.5 Å². The van der Waals surface area contributed by atoms with E-state index in [0.717, 1.165) is 28.5 Å². The van der Waals surface area contributed by atoms with E-state index in [1.54, 1.807) is 19.2 Å². The number of aromatic nitrogens is 2. The molecule has 1 atom stereocenters. The predicted octanol–water partition coefficient (Wildman–Crippen LogP) is 4.76. The molecule has 0 radical (unpaired) electrons. The lowest BCUT2D eigenvalue weighted by Crippen LogP contribution is -2.17. The van der Waals surface area contributed by atoms with E-state index in [1.165, 1.54) is 0 Å². The van der Waals surface area contributed by atoms with Crippen LogP contribution in [0.5, 0.6) is 0 Å². The van der Waals surface area contributed by atoms with Gasteiger partial charge >= 0.3 is 5.97 Å². The Bertz CT molecular complexity index is 1070. The molecule has 164 valence electrons. The molecule has 0 fully saturated rings. The van der Waals surface area contributed by atoms with Gasteiger partial charge < -0.3 is 18.6 Å². The first-order valence-corrected chi connectivity index (χ1v) is 10.4. The van der Waals surface area contributed by atoms with Crippen molar-refractivity contribution in [2.45, 2.75) is 40.7 Å². The third kappa shape index (κ3) is 4.64. The molecule has 6 heteroatoms. The molecule has 0 saturated carbocycles. The SMILES string of the molecule is COC[C@H](C)n1c(C)cc(C(=O)COC(=O)c2ccc(-n3c(C)ccc3C)cc2)c1C. The van der Waals surface area contributed by atoms with E-state index in [4.69, 9.17) is 9.47 Å². The lowest BCUT2D eigenvalue weighted by atomic mass is 10.1. The number of esters is 1. The van der Waals surface area contributed by atoms with Crippen molar-refractivity contribution < 1.29 is 19.1 Å². The Hall–Kier alpha value is -3.12. The van der Waals surface area contributed by atoms with Crippen LogP contribution in [0.3, 0.4) is 0 Å². The summed E-state index contributed by atoms with van der Waals surface area (Å²) in [6.45, 7) is 10.2. The van der Waals surface area contributed by atoms with Gasteiger partial charge in [0.2, 0.25) is 5.78 Å². The van der Waals surface area contributed by atoms with Crippen molar-refractivity contribution in [1.29, 1.82) is 0 Å². The average Bonchev–Trinajstić information content (AvgIpc) is 3.23. The maximum Gasteiger partial charge on any atom is 0.338 e. The van der Waals surface area contributed by atoms with Gasteiger partial charge in [0.05, 0.1) is 18.2 Å². The average molecular weight is 423 g/mol. The van der Waals surface area contributed by atoms with E-state index in [2.05, 4.69) is 21.3 Å². The van der Waals surface area contributed by atoms with E-state index in [1.807, 2.05) is 52.8 Å². The van der Waals surface area contributed by atoms with Gasteiger partial charge in [0, 0.05) is 41.1 Å². The fourth-order valence-electron chi connectivity index (χ4n) is 4.17. The summed E-state index contributed by atoms with van der Waals surface area (Å²) in [4.78, 5) is 25.2. The number of hydrogen-bond acceptors (Lipinski definition) is 4. The molecule has 0 aliphatic rings. The van der Waals surface area contributed by atoms with Crippen molar-refractivity contribution in [3.63, 3.8) is 0 Å². The second-order valence-electron chi connectivity index (χ2n) is 7.96. The number of ketones is 1.